The Labute approximate surface area is 127 Å². The predicted octanol–water partition coefficient (Wildman–Crippen LogP) is 3.45. The van der Waals surface area contributed by atoms with E-state index in [1.165, 1.54) is 0 Å². The van der Waals surface area contributed by atoms with Crippen LogP contribution in [0, 0.1) is 17.1 Å². The maximum absolute atomic E-state index is 13.6. The average Bonchev–Trinajstić information content (AvgIpc) is 2.35. The third-order valence-corrected chi connectivity index (χ3v) is 5.50. The predicted molar refractivity (Wildman–Crippen MR) is 75.7 cm³/mol. The number of sulfonamides is 1. The molecule has 0 saturated carbocycles. The lowest BCUT2D eigenvalue weighted by Crippen LogP contribution is -2.37. The van der Waals surface area contributed by atoms with Gasteiger partial charge in [-0.1, -0.05) is 23.2 Å². The van der Waals surface area contributed by atoms with Gasteiger partial charge in [-0.3, -0.25) is 0 Å². The third-order valence-electron chi connectivity index (χ3n) is 2.61. The van der Waals surface area contributed by atoms with Crippen LogP contribution in [0.5, 0.6) is 0 Å². The number of nitrogens with zero attached hydrogens (tertiary/aromatic N) is 2. The van der Waals surface area contributed by atoms with Gasteiger partial charge in [0, 0.05) is 19.0 Å². The molecule has 0 heterocycles. The van der Waals surface area contributed by atoms with Crippen LogP contribution in [0.15, 0.2) is 17.0 Å². The van der Waals surface area contributed by atoms with Gasteiger partial charge in [-0.15, -0.1) is 0 Å². The SMILES string of the molecule is CC(C)N(CCC#N)S(=O)(=O)c1ccc(Cl)c(F)c1Cl. The molecule has 0 N–H and O–H groups in total. The first-order valence-electron chi connectivity index (χ1n) is 5.75. The molecule has 0 aliphatic heterocycles. The first-order chi connectivity index (χ1) is 9.23. The highest BCUT2D eigenvalue weighted by Gasteiger charge is 2.30. The Morgan fingerprint density at radius 1 is 1.40 bits per heavy atom. The van der Waals surface area contributed by atoms with Gasteiger partial charge in [-0.05, 0) is 26.0 Å². The van der Waals surface area contributed by atoms with E-state index in [0.717, 1.165) is 16.4 Å². The van der Waals surface area contributed by atoms with Crippen LogP contribution in [0.4, 0.5) is 4.39 Å². The molecule has 0 spiro atoms. The summed E-state index contributed by atoms with van der Waals surface area (Å²) < 4.78 is 39.7. The van der Waals surface area contributed by atoms with Crippen molar-refractivity contribution in [3.63, 3.8) is 0 Å². The second-order valence-electron chi connectivity index (χ2n) is 4.29. The van der Waals surface area contributed by atoms with Crippen LogP contribution < -0.4 is 0 Å². The molecule has 1 rings (SSSR count). The zero-order valence-corrected chi connectivity index (χ0v) is 13.2. The van der Waals surface area contributed by atoms with Crippen LogP contribution in [0.1, 0.15) is 20.3 Å². The largest absolute Gasteiger partial charge is 0.244 e. The van der Waals surface area contributed by atoms with Gasteiger partial charge in [0.05, 0.1) is 16.1 Å². The monoisotopic (exact) mass is 338 g/mol. The lowest BCUT2D eigenvalue weighted by molar-refractivity contribution is 0.360. The van der Waals surface area contributed by atoms with E-state index in [4.69, 9.17) is 28.5 Å². The van der Waals surface area contributed by atoms with Gasteiger partial charge in [0.2, 0.25) is 10.0 Å². The second kappa shape index (κ2) is 6.72. The van der Waals surface area contributed by atoms with Crippen molar-refractivity contribution >= 4 is 33.2 Å². The molecule has 0 atom stereocenters. The topological polar surface area (TPSA) is 61.2 Å². The van der Waals surface area contributed by atoms with E-state index >= 15 is 0 Å². The Hall–Kier alpha value is -0.870. The van der Waals surface area contributed by atoms with E-state index in [9.17, 15) is 12.8 Å². The highest BCUT2D eigenvalue weighted by molar-refractivity contribution is 7.89. The van der Waals surface area contributed by atoms with Gasteiger partial charge < -0.3 is 0 Å². The molecule has 1 aromatic carbocycles. The Morgan fingerprint density at radius 3 is 2.50 bits per heavy atom. The minimum atomic E-state index is -3.99. The van der Waals surface area contributed by atoms with E-state index in [1.807, 2.05) is 6.07 Å². The van der Waals surface area contributed by atoms with Crippen molar-refractivity contribution in [3.8, 4) is 6.07 Å². The summed E-state index contributed by atoms with van der Waals surface area (Å²) in [6.07, 6.45) is 0.0328. The molecular weight excluding hydrogens is 326 g/mol. The van der Waals surface area contributed by atoms with Crippen LogP contribution in [0.25, 0.3) is 0 Å². The molecule has 0 saturated heterocycles. The van der Waals surface area contributed by atoms with Crippen LogP contribution in [-0.4, -0.2) is 25.3 Å². The van der Waals surface area contributed by atoms with Crippen LogP contribution in [-0.2, 0) is 10.0 Å². The standard InChI is InChI=1S/C12H13Cl2FN2O2S/c1-8(2)17(7-3-6-16)20(18,19)10-5-4-9(13)12(15)11(10)14/h4-5,8H,3,7H2,1-2H3. The van der Waals surface area contributed by atoms with Gasteiger partial charge in [0.15, 0.2) is 5.82 Å². The molecule has 0 bridgehead atoms. The zero-order valence-electron chi connectivity index (χ0n) is 10.9. The van der Waals surface area contributed by atoms with Crippen molar-refractivity contribution in [1.82, 2.24) is 4.31 Å². The van der Waals surface area contributed by atoms with Crippen LogP contribution in [0.3, 0.4) is 0 Å². The Bertz CT molecular complexity index is 642. The van der Waals surface area contributed by atoms with Crippen molar-refractivity contribution < 1.29 is 12.8 Å². The summed E-state index contributed by atoms with van der Waals surface area (Å²) in [6.45, 7) is 3.33. The fourth-order valence-corrected chi connectivity index (χ4v) is 4.01. The van der Waals surface area contributed by atoms with Gasteiger partial charge in [-0.25, -0.2) is 12.8 Å². The molecule has 20 heavy (non-hydrogen) atoms. The minimum Gasteiger partial charge on any atom is -0.207 e. The smallest absolute Gasteiger partial charge is 0.207 e. The van der Waals surface area contributed by atoms with E-state index in [2.05, 4.69) is 0 Å². The fraction of sp³-hybridized carbons (Fsp3) is 0.417. The highest BCUT2D eigenvalue weighted by Crippen LogP contribution is 2.31. The van der Waals surface area contributed by atoms with Crippen LogP contribution >= 0.6 is 23.2 Å². The Kier molecular flexibility index (Phi) is 5.78. The number of hydrogen-bond acceptors (Lipinski definition) is 3. The molecule has 0 unspecified atom stereocenters. The molecule has 0 amide bonds. The molecular formula is C12H13Cl2FN2O2S. The first-order valence-corrected chi connectivity index (χ1v) is 7.95. The molecule has 8 heteroatoms. The summed E-state index contributed by atoms with van der Waals surface area (Å²) in [5.74, 6) is -0.974. The summed E-state index contributed by atoms with van der Waals surface area (Å²) in [5.41, 5.74) is 0. The van der Waals surface area contributed by atoms with Gasteiger partial charge in [0.1, 0.15) is 4.90 Å². The highest BCUT2D eigenvalue weighted by atomic mass is 35.5. The van der Waals surface area contributed by atoms with E-state index < -0.39 is 20.9 Å². The maximum Gasteiger partial charge on any atom is 0.244 e. The van der Waals surface area contributed by atoms with Crippen molar-refractivity contribution in [2.24, 2.45) is 0 Å². The quantitative estimate of drug-likeness (QED) is 0.772. The summed E-state index contributed by atoms with van der Waals surface area (Å²) in [5, 5.41) is 7.80. The Balaban J connectivity index is 3.35. The second-order valence-corrected chi connectivity index (χ2v) is 6.94. The fourth-order valence-electron chi connectivity index (χ4n) is 1.65. The summed E-state index contributed by atoms with van der Waals surface area (Å²) in [4.78, 5) is -0.354. The molecule has 1 aromatic rings. The average molecular weight is 339 g/mol. The van der Waals surface area contributed by atoms with E-state index in [1.54, 1.807) is 13.8 Å². The molecule has 0 radical (unpaired) electrons. The summed E-state index contributed by atoms with van der Waals surface area (Å²) in [6, 6.07) is 3.79. The van der Waals surface area contributed by atoms with Crippen molar-refractivity contribution in [1.29, 1.82) is 5.26 Å². The van der Waals surface area contributed by atoms with Gasteiger partial charge in [-0.2, -0.15) is 9.57 Å². The minimum absolute atomic E-state index is 0.0110. The first kappa shape index (κ1) is 17.2. The maximum atomic E-state index is 13.6. The molecule has 0 fully saturated rings. The lowest BCUT2D eigenvalue weighted by atomic mass is 10.3. The van der Waals surface area contributed by atoms with Crippen molar-refractivity contribution in [2.45, 2.75) is 31.2 Å². The number of nitriles is 1. The normalized spacial score (nSPS) is 11.9. The molecule has 110 valence electrons. The molecule has 4 nitrogen and oxygen atoms in total. The number of rotatable bonds is 5. The van der Waals surface area contributed by atoms with Crippen molar-refractivity contribution in [2.75, 3.05) is 6.54 Å². The molecule has 0 aromatic heterocycles. The van der Waals surface area contributed by atoms with Crippen LogP contribution in [0.2, 0.25) is 10.0 Å². The van der Waals surface area contributed by atoms with Gasteiger partial charge >= 0.3 is 0 Å². The van der Waals surface area contributed by atoms with E-state index in [-0.39, 0.29) is 28.9 Å². The number of benzene rings is 1. The third kappa shape index (κ3) is 3.41. The zero-order chi connectivity index (χ0) is 15.5. The number of hydrogen-bond donors (Lipinski definition) is 0. The van der Waals surface area contributed by atoms with E-state index in [0.29, 0.717) is 0 Å². The number of halogens is 3. The molecule has 0 aliphatic rings. The van der Waals surface area contributed by atoms with Gasteiger partial charge in [0.25, 0.3) is 0 Å². The van der Waals surface area contributed by atoms with Crippen molar-refractivity contribution in [3.05, 3.63) is 28.0 Å². The summed E-state index contributed by atoms with van der Waals surface area (Å²) >= 11 is 11.3. The Morgan fingerprint density at radius 2 is 2.00 bits per heavy atom. The molecule has 0 aliphatic carbocycles. The lowest BCUT2D eigenvalue weighted by Gasteiger charge is -2.25. The summed E-state index contributed by atoms with van der Waals surface area (Å²) in [7, 11) is -3.99.